The summed E-state index contributed by atoms with van der Waals surface area (Å²) >= 11 is 0. The Balaban J connectivity index is 1.40. The molecular formula is C24H30N4O2. The van der Waals surface area contributed by atoms with E-state index in [0.717, 1.165) is 62.6 Å². The summed E-state index contributed by atoms with van der Waals surface area (Å²) in [4.78, 5) is 31.2. The van der Waals surface area contributed by atoms with Crippen LogP contribution in [0.15, 0.2) is 42.5 Å². The van der Waals surface area contributed by atoms with E-state index in [9.17, 15) is 9.59 Å². The molecule has 158 valence electrons. The van der Waals surface area contributed by atoms with Crippen LogP contribution in [0.4, 0.5) is 17.1 Å². The Kier molecular flexibility index (Phi) is 6.04. The molecule has 2 aliphatic rings. The van der Waals surface area contributed by atoms with E-state index >= 15 is 0 Å². The molecule has 0 saturated carbocycles. The molecule has 2 fully saturated rings. The van der Waals surface area contributed by atoms with Crippen molar-refractivity contribution in [2.75, 3.05) is 54.4 Å². The summed E-state index contributed by atoms with van der Waals surface area (Å²) in [5, 5.41) is 3.02. The Bertz CT molecular complexity index is 917. The number of hydrogen-bond acceptors (Lipinski definition) is 4. The van der Waals surface area contributed by atoms with Crippen molar-refractivity contribution in [2.24, 2.45) is 0 Å². The lowest BCUT2D eigenvalue weighted by molar-refractivity contribution is -0.117. The number of benzene rings is 2. The van der Waals surface area contributed by atoms with Gasteiger partial charge in [-0.25, -0.2) is 0 Å². The molecular weight excluding hydrogens is 376 g/mol. The minimum absolute atomic E-state index is 0.137. The molecule has 0 aliphatic carbocycles. The quantitative estimate of drug-likeness (QED) is 0.826. The molecule has 0 spiro atoms. The minimum Gasteiger partial charge on any atom is -0.369 e. The van der Waals surface area contributed by atoms with E-state index in [0.29, 0.717) is 12.0 Å². The molecule has 0 bridgehead atoms. The number of amides is 2. The van der Waals surface area contributed by atoms with Crippen LogP contribution in [0.3, 0.4) is 0 Å². The van der Waals surface area contributed by atoms with Crippen molar-refractivity contribution in [3.63, 3.8) is 0 Å². The Morgan fingerprint density at radius 3 is 2.27 bits per heavy atom. The van der Waals surface area contributed by atoms with E-state index in [1.807, 2.05) is 25.1 Å². The number of anilines is 3. The smallest absolute Gasteiger partial charge is 0.255 e. The van der Waals surface area contributed by atoms with Gasteiger partial charge >= 0.3 is 0 Å². The first kappa shape index (κ1) is 20.4. The summed E-state index contributed by atoms with van der Waals surface area (Å²) < 4.78 is 0. The van der Waals surface area contributed by atoms with Crippen molar-refractivity contribution in [3.05, 3.63) is 53.6 Å². The van der Waals surface area contributed by atoms with Gasteiger partial charge in [0.2, 0.25) is 5.91 Å². The molecule has 2 saturated heterocycles. The van der Waals surface area contributed by atoms with Crippen molar-refractivity contribution in [1.29, 1.82) is 0 Å². The first-order chi connectivity index (χ1) is 14.5. The second-order valence-electron chi connectivity index (χ2n) is 8.07. The van der Waals surface area contributed by atoms with Gasteiger partial charge in [0.25, 0.3) is 5.91 Å². The number of nitrogens with one attached hydrogen (secondary N) is 1. The Morgan fingerprint density at radius 2 is 1.67 bits per heavy atom. The molecule has 2 amide bonds. The monoisotopic (exact) mass is 406 g/mol. The van der Waals surface area contributed by atoms with Gasteiger partial charge in [-0.2, -0.15) is 0 Å². The minimum atomic E-state index is -0.137. The number of likely N-dealkylation sites (N-methyl/N-ethyl adjacent to an activating group) is 1. The second kappa shape index (κ2) is 8.88. The van der Waals surface area contributed by atoms with Gasteiger partial charge in [-0.15, -0.1) is 0 Å². The number of carbonyl (C=O) groups is 2. The van der Waals surface area contributed by atoms with Gasteiger partial charge in [0, 0.05) is 61.8 Å². The Hall–Kier alpha value is -2.86. The summed E-state index contributed by atoms with van der Waals surface area (Å²) in [5.41, 5.74) is 4.54. The lowest BCUT2D eigenvalue weighted by atomic mass is 10.1. The molecule has 2 heterocycles. The summed E-state index contributed by atoms with van der Waals surface area (Å²) in [6, 6.07) is 13.5. The normalized spacial score (nSPS) is 17.5. The standard InChI is InChI=1S/C24H30N4O2/c1-3-26-13-15-27(16-14-26)21-10-11-22(18(2)17-21)25-24(30)19-6-8-20(9-7-19)28-12-4-5-23(28)29/h6-11,17H,3-5,12-16H2,1-2H3,(H,25,30). The number of hydrogen-bond donors (Lipinski definition) is 1. The Morgan fingerprint density at radius 1 is 0.967 bits per heavy atom. The molecule has 6 heteroatoms. The van der Waals surface area contributed by atoms with E-state index in [-0.39, 0.29) is 11.8 Å². The molecule has 4 rings (SSSR count). The first-order valence-corrected chi connectivity index (χ1v) is 10.8. The van der Waals surface area contributed by atoms with Crippen LogP contribution in [-0.2, 0) is 4.79 Å². The topological polar surface area (TPSA) is 55.9 Å². The fourth-order valence-corrected chi connectivity index (χ4v) is 4.22. The van der Waals surface area contributed by atoms with Crippen LogP contribution in [0.5, 0.6) is 0 Å². The molecule has 0 aromatic heterocycles. The highest BCUT2D eigenvalue weighted by Crippen LogP contribution is 2.25. The SMILES string of the molecule is CCN1CCN(c2ccc(NC(=O)c3ccc(N4CCCC4=O)cc3)c(C)c2)CC1. The zero-order valence-electron chi connectivity index (χ0n) is 17.9. The predicted octanol–water partition coefficient (Wildman–Crippen LogP) is 3.52. The Labute approximate surface area is 178 Å². The molecule has 0 radical (unpaired) electrons. The van der Waals surface area contributed by atoms with Gasteiger partial charge in [0.05, 0.1) is 0 Å². The summed E-state index contributed by atoms with van der Waals surface area (Å²) in [6.45, 7) is 10.3. The highest BCUT2D eigenvalue weighted by molar-refractivity contribution is 6.05. The van der Waals surface area contributed by atoms with Gasteiger partial charge in [-0.3, -0.25) is 9.59 Å². The third kappa shape index (κ3) is 4.33. The summed E-state index contributed by atoms with van der Waals surface area (Å²) in [6.07, 6.45) is 1.50. The van der Waals surface area contributed by atoms with E-state index < -0.39 is 0 Å². The zero-order chi connectivity index (χ0) is 21.1. The molecule has 2 aromatic carbocycles. The number of piperazine rings is 1. The van der Waals surface area contributed by atoms with Gasteiger partial charge < -0.3 is 20.0 Å². The highest BCUT2D eigenvalue weighted by Gasteiger charge is 2.22. The fourth-order valence-electron chi connectivity index (χ4n) is 4.22. The maximum Gasteiger partial charge on any atom is 0.255 e. The van der Waals surface area contributed by atoms with Crippen LogP contribution in [-0.4, -0.2) is 56.0 Å². The predicted molar refractivity (Wildman–Crippen MR) is 121 cm³/mol. The van der Waals surface area contributed by atoms with E-state index in [1.54, 1.807) is 17.0 Å². The van der Waals surface area contributed by atoms with Gasteiger partial charge in [0.1, 0.15) is 0 Å². The van der Waals surface area contributed by atoms with E-state index in [2.05, 4.69) is 34.2 Å². The largest absolute Gasteiger partial charge is 0.369 e. The first-order valence-electron chi connectivity index (χ1n) is 10.8. The number of nitrogens with zero attached hydrogens (tertiary/aromatic N) is 3. The van der Waals surface area contributed by atoms with Crippen molar-refractivity contribution in [1.82, 2.24) is 4.90 Å². The fraction of sp³-hybridized carbons (Fsp3) is 0.417. The summed E-state index contributed by atoms with van der Waals surface area (Å²) in [7, 11) is 0. The molecule has 2 aliphatic heterocycles. The summed E-state index contributed by atoms with van der Waals surface area (Å²) in [5.74, 6) is 0.0146. The molecule has 30 heavy (non-hydrogen) atoms. The molecule has 1 N–H and O–H groups in total. The number of rotatable bonds is 5. The second-order valence-corrected chi connectivity index (χ2v) is 8.07. The molecule has 0 atom stereocenters. The number of aryl methyl sites for hydroxylation is 1. The molecule has 0 unspecified atom stereocenters. The van der Waals surface area contributed by atoms with Crippen LogP contribution in [0, 0.1) is 6.92 Å². The molecule has 6 nitrogen and oxygen atoms in total. The molecule has 2 aromatic rings. The van der Waals surface area contributed by atoms with Crippen LogP contribution in [0.2, 0.25) is 0 Å². The van der Waals surface area contributed by atoms with Gasteiger partial charge in [0.15, 0.2) is 0 Å². The van der Waals surface area contributed by atoms with Crippen molar-refractivity contribution < 1.29 is 9.59 Å². The van der Waals surface area contributed by atoms with Crippen molar-refractivity contribution >= 4 is 28.9 Å². The lowest BCUT2D eigenvalue weighted by Gasteiger charge is -2.35. The van der Waals surface area contributed by atoms with Crippen LogP contribution in [0.1, 0.15) is 35.7 Å². The third-order valence-corrected chi connectivity index (χ3v) is 6.16. The average Bonchev–Trinajstić information content (AvgIpc) is 3.21. The van der Waals surface area contributed by atoms with E-state index in [4.69, 9.17) is 0 Å². The number of carbonyl (C=O) groups excluding carboxylic acids is 2. The van der Waals surface area contributed by atoms with Gasteiger partial charge in [-0.1, -0.05) is 6.92 Å². The highest BCUT2D eigenvalue weighted by atomic mass is 16.2. The van der Waals surface area contributed by atoms with E-state index in [1.165, 1.54) is 5.69 Å². The van der Waals surface area contributed by atoms with Crippen molar-refractivity contribution in [3.8, 4) is 0 Å². The third-order valence-electron chi connectivity index (χ3n) is 6.16. The zero-order valence-corrected chi connectivity index (χ0v) is 17.9. The van der Waals surface area contributed by atoms with Crippen LogP contribution >= 0.6 is 0 Å². The van der Waals surface area contributed by atoms with Crippen LogP contribution in [0.25, 0.3) is 0 Å². The maximum absolute atomic E-state index is 12.7. The average molecular weight is 407 g/mol. The van der Waals surface area contributed by atoms with Crippen LogP contribution < -0.4 is 15.1 Å². The van der Waals surface area contributed by atoms with Crippen molar-refractivity contribution in [2.45, 2.75) is 26.7 Å². The maximum atomic E-state index is 12.7. The van der Waals surface area contributed by atoms with Gasteiger partial charge in [-0.05, 0) is 67.9 Å². The lowest BCUT2D eigenvalue weighted by Crippen LogP contribution is -2.46.